The van der Waals surface area contributed by atoms with E-state index in [4.69, 9.17) is 0 Å². The highest BCUT2D eigenvalue weighted by atomic mass is 32.1. The maximum absolute atomic E-state index is 12.1. The van der Waals surface area contributed by atoms with Gasteiger partial charge in [0.15, 0.2) is 0 Å². The van der Waals surface area contributed by atoms with Gasteiger partial charge in [-0.25, -0.2) is 0 Å². The van der Waals surface area contributed by atoms with Gasteiger partial charge in [0.25, 0.3) is 5.91 Å². The number of thiophene rings is 1. The van der Waals surface area contributed by atoms with E-state index in [2.05, 4.69) is 0 Å². The summed E-state index contributed by atoms with van der Waals surface area (Å²) in [7, 11) is 0. The maximum Gasteiger partial charge on any atom is 0.255 e. The van der Waals surface area contributed by atoms with Crippen molar-refractivity contribution in [1.82, 2.24) is 4.90 Å². The van der Waals surface area contributed by atoms with E-state index in [1.807, 2.05) is 23.8 Å². The molecule has 82 valence electrons. The molecule has 0 saturated carbocycles. The van der Waals surface area contributed by atoms with Crippen molar-refractivity contribution in [1.29, 1.82) is 0 Å². The fraction of sp³-hybridized carbons (Fsp3) is 0.545. The van der Waals surface area contributed by atoms with E-state index in [9.17, 15) is 9.90 Å². The van der Waals surface area contributed by atoms with Crippen molar-refractivity contribution in [3.63, 3.8) is 0 Å². The molecular formula is C11H15NO2S. The molecule has 2 rings (SSSR count). The van der Waals surface area contributed by atoms with Gasteiger partial charge in [0.2, 0.25) is 0 Å². The number of aliphatic hydroxyl groups is 1. The molecule has 0 aromatic carbocycles. The molecule has 1 amide bonds. The molecule has 0 radical (unpaired) electrons. The smallest absolute Gasteiger partial charge is 0.255 e. The number of hydrogen-bond donors (Lipinski definition) is 1. The standard InChI is InChI=1S/C11H15NO2S/c1-11(8-13)4-2-5-12(11)10(14)9-3-6-15-7-9/h3,6-7,13H,2,4-5,8H2,1H3. The molecule has 1 atom stereocenters. The minimum Gasteiger partial charge on any atom is -0.394 e. The summed E-state index contributed by atoms with van der Waals surface area (Å²) >= 11 is 1.52. The van der Waals surface area contributed by atoms with Gasteiger partial charge in [-0.1, -0.05) is 0 Å². The zero-order valence-corrected chi connectivity index (χ0v) is 9.59. The Morgan fingerprint density at radius 2 is 2.53 bits per heavy atom. The van der Waals surface area contributed by atoms with Gasteiger partial charge in [0, 0.05) is 11.9 Å². The van der Waals surface area contributed by atoms with E-state index >= 15 is 0 Å². The van der Waals surface area contributed by atoms with E-state index in [1.54, 1.807) is 4.90 Å². The molecule has 1 unspecified atom stereocenters. The Kier molecular flexibility index (Phi) is 2.80. The topological polar surface area (TPSA) is 40.5 Å². The predicted molar refractivity (Wildman–Crippen MR) is 60.1 cm³/mol. The number of likely N-dealkylation sites (tertiary alicyclic amines) is 1. The molecule has 15 heavy (non-hydrogen) atoms. The SMILES string of the molecule is CC1(CO)CCCN1C(=O)c1ccsc1. The summed E-state index contributed by atoms with van der Waals surface area (Å²) in [6, 6.07) is 1.84. The van der Waals surface area contributed by atoms with Crippen LogP contribution in [0.15, 0.2) is 16.8 Å². The number of carbonyl (C=O) groups is 1. The third kappa shape index (κ3) is 1.79. The van der Waals surface area contributed by atoms with Crippen LogP contribution < -0.4 is 0 Å². The number of nitrogens with zero attached hydrogens (tertiary/aromatic N) is 1. The summed E-state index contributed by atoms with van der Waals surface area (Å²) in [5.74, 6) is 0.0466. The molecule has 1 aliphatic heterocycles. The molecule has 1 aromatic rings. The summed E-state index contributed by atoms with van der Waals surface area (Å²) in [4.78, 5) is 13.9. The highest BCUT2D eigenvalue weighted by Gasteiger charge is 2.39. The number of hydrogen-bond acceptors (Lipinski definition) is 3. The summed E-state index contributed by atoms with van der Waals surface area (Å²) in [5.41, 5.74) is 0.375. The number of rotatable bonds is 2. The minimum atomic E-state index is -0.362. The molecule has 4 heteroatoms. The molecule has 0 bridgehead atoms. The van der Waals surface area contributed by atoms with E-state index < -0.39 is 0 Å². The summed E-state index contributed by atoms with van der Waals surface area (Å²) in [5, 5.41) is 13.1. The molecule has 1 aliphatic rings. The van der Waals surface area contributed by atoms with Gasteiger partial charge in [-0.3, -0.25) is 4.79 Å². The largest absolute Gasteiger partial charge is 0.394 e. The second-order valence-corrected chi connectivity index (χ2v) is 5.01. The van der Waals surface area contributed by atoms with Gasteiger partial charge in [-0.2, -0.15) is 11.3 Å². The molecular weight excluding hydrogens is 210 g/mol. The zero-order valence-electron chi connectivity index (χ0n) is 8.77. The molecule has 0 spiro atoms. The molecule has 3 nitrogen and oxygen atoms in total. The van der Waals surface area contributed by atoms with Crippen molar-refractivity contribution in [3.8, 4) is 0 Å². The lowest BCUT2D eigenvalue weighted by molar-refractivity contribution is 0.0473. The molecule has 1 aromatic heterocycles. The Balaban J connectivity index is 2.21. The minimum absolute atomic E-state index is 0.0445. The summed E-state index contributed by atoms with van der Waals surface area (Å²) < 4.78 is 0. The first kappa shape index (κ1) is 10.6. The van der Waals surface area contributed by atoms with Crippen LogP contribution in [0.4, 0.5) is 0 Å². The Morgan fingerprint density at radius 3 is 3.13 bits per heavy atom. The van der Waals surface area contributed by atoms with Crippen LogP contribution >= 0.6 is 11.3 Å². The molecule has 2 heterocycles. The third-order valence-corrected chi connectivity index (χ3v) is 3.79. The first-order valence-electron chi connectivity index (χ1n) is 5.12. The van der Waals surface area contributed by atoms with Gasteiger partial charge in [0.05, 0.1) is 17.7 Å². The molecule has 1 saturated heterocycles. The second kappa shape index (κ2) is 3.94. The average Bonchev–Trinajstić information content (AvgIpc) is 2.86. The lowest BCUT2D eigenvalue weighted by Gasteiger charge is -2.33. The monoisotopic (exact) mass is 225 g/mol. The molecule has 1 fully saturated rings. The Morgan fingerprint density at radius 1 is 1.73 bits per heavy atom. The van der Waals surface area contributed by atoms with Crippen LogP contribution in [0.1, 0.15) is 30.1 Å². The van der Waals surface area contributed by atoms with Gasteiger partial charge in [-0.15, -0.1) is 0 Å². The number of amides is 1. The van der Waals surface area contributed by atoms with Crippen LogP contribution in [0.25, 0.3) is 0 Å². The normalized spacial score (nSPS) is 25.9. The fourth-order valence-corrected chi connectivity index (χ4v) is 2.71. The summed E-state index contributed by atoms with van der Waals surface area (Å²) in [6.07, 6.45) is 1.87. The van der Waals surface area contributed by atoms with E-state index in [0.29, 0.717) is 0 Å². The van der Waals surface area contributed by atoms with Crippen LogP contribution in [-0.2, 0) is 0 Å². The fourth-order valence-electron chi connectivity index (χ4n) is 2.08. The third-order valence-electron chi connectivity index (χ3n) is 3.10. The van der Waals surface area contributed by atoms with Gasteiger partial charge in [0.1, 0.15) is 0 Å². The first-order valence-corrected chi connectivity index (χ1v) is 6.07. The zero-order chi connectivity index (χ0) is 10.9. The number of carbonyl (C=O) groups excluding carboxylic acids is 1. The lowest BCUT2D eigenvalue weighted by atomic mass is 10.00. The van der Waals surface area contributed by atoms with Crippen molar-refractivity contribution in [3.05, 3.63) is 22.4 Å². The molecule has 1 N–H and O–H groups in total. The van der Waals surface area contributed by atoms with Crippen molar-refractivity contribution in [2.24, 2.45) is 0 Å². The van der Waals surface area contributed by atoms with Crippen molar-refractivity contribution in [2.75, 3.05) is 13.2 Å². The van der Waals surface area contributed by atoms with Crippen LogP contribution in [-0.4, -0.2) is 34.6 Å². The van der Waals surface area contributed by atoms with Crippen molar-refractivity contribution < 1.29 is 9.90 Å². The van der Waals surface area contributed by atoms with E-state index in [0.717, 1.165) is 24.9 Å². The Hall–Kier alpha value is -0.870. The lowest BCUT2D eigenvalue weighted by Crippen LogP contribution is -2.47. The van der Waals surface area contributed by atoms with E-state index in [1.165, 1.54) is 11.3 Å². The van der Waals surface area contributed by atoms with Crippen molar-refractivity contribution in [2.45, 2.75) is 25.3 Å². The Labute approximate surface area is 93.3 Å². The van der Waals surface area contributed by atoms with Crippen LogP contribution in [0.5, 0.6) is 0 Å². The van der Waals surface area contributed by atoms with Crippen LogP contribution in [0.2, 0.25) is 0 Å². The van der Waals surface area contributed by atoms with Gasteiger partial charge < -0.3 is 10.0 Å². The highest BCUT2D eigenvalue weighted by Crippen LogP contribution is 2.30. The maximum atomic E-state index is 12.1. The molecule has 0 aliphatic carbocycles. The van der Waals surface area contributed by atoms with Crippen LogP contribution in [0.3, 0.4) is 0 Å². The summed E-state index contributed by atoms with van der Waals surface area (Å²) in [6.45, 7) is 2.75. The Bertz CT molecular complexity index is 349. The van der Waals surface area contributed by atoms with E-state index in [-0.39, 0.29) is 18.1 Å². The average molecular weight is 225 g/mol. The highest BCUT2D eigenvalue weighted by molar-refractivity contribution is 7.08. The van der Waals surface area contributed by atoms with Crippen molar-refractivity contribution >= 4 is 17.2 Å². The predicted octanol–water partition coefficient (Wildman–Crippen LogP) is 1.74. The first-order chi connectivity index (χ1) is 7.17. The van der Waals surface area contributed by atoms with Crippen LogP contribution in [0, 0.1) is 0 Å². The van der Waals surface area contributed by atoms with Gasteiger partial charge >= 0.3 is 0 Å². The quantitative estimate of drug-likeness (QED) is 0.832. The second-order valence-electron chi connectivity index (χ2n) is 4.23. The number of aliphatic hydroxyl groups excluding tert-OH is 1. The van der Waals surface area contributed by atoms with Gasteiger partial charge in [-0.05, 0) is 31.2 Å².